The summed E-state index contributed by atoms with van der Waals surface area (Å²) in [7, 11) is 0. The molecule has 2 unspecified atom stereocenters. The number of hydrogen-bond acceptors (Lipinski definition) is 2. The largest absolute Gasteiger partial charge is 0.361 e. The molecule has 1 aromatic carbocycles. The SMILES string of the molecule is NC1CC2CCCC(C1)N2c1c(F)c(F)c(F)c(F)c1F. The molecule has 21 heavy (non-hydrogen) atoms. The molecule has 2 aliphatic rings. The Morgan fingerprint density at radius 3 is 1.67 bits per heavy atom. The molecule has 2 fully saturated rings. The van der Waals surface area contributed by atoms with Crippen molar-refractivity contribution in [3.05, 3.63) is 29.1 Å². The smallest absolute Gasteiger partial charge is 0.200 e. The Kier molecular flexibility index (Phi) is 3.55. The molecule has 0 saturated carbocycles. The van der Waals surface area contributed by atoms with Gasteiger partial charge in [-0.05, 0) is 32.1 Å². The second-order valence-electron chi connectivity index (χ2n) is 5.80. The number of hydrogen-bond donors (Lipinski definition) is 1. The summed E-state index contributed by atoms with van der Waals surface area (Å²) in [5.74, 6) is -9.40. The molecule has 2 saturated heterocycles. The summed E-state index contributed by atoms with van der Waals surface area (Å²) < 4.78 is 67.9. The highest BCUT2D eigenvalue weighted by atomic mass is 19.2. The van der Waals surface area contributed by atoms with Gasteiger partial charge < -0.3 is 10.6 Å². The number of halogens is 5. The summed E-state index contributed by atoms with van der Waals surface area (Å²) >= 11 is 0. The van der Waals surface area contributed by atoms with Crippen LogP contribution in [-0.4, -0.2) is 18.1 Å². The zero-order valence-electron chi connectivity index (χ0n) is 11.2. The van der Waals surface area contributed by atoms with Crippen molar-refractivity contribution >= 4 is 5.69 Å². The van der Waals surface area contributed by atoms with Crippen LogP contribution in [0.25, 0.3) is 0 Å². The average Bonchev–Trinajstić information content (AvgIpc) is 2.44. The molecule has 2 heterocycles. The highest BCUT2D eigenvalue weighted by Crippen LogP contribution is 2.41. The monoisotopic (exact) mass is 306 g/mol. The van der Waals surface area contributed by atoms with Crippen LogP contribution in [0.4, 0.5) is 27.6 Å². The molecule has 2 aliphatic heterocycles. The van der Waals surface area contributed by atoms with E-state index in [2.05, 4.69) is 0 Å². The summed E-state index contributed by atoms with van der Waals surface area (Å²) in [5.41, 5.74) is 5.10. The van der Waals surface area contributed by atoms with Crippen molar-refractivity contribution in [2.24, 2.45) is 5.73 Å². The number of nitrogens with zero attached hydrogens (tertiary/aromatic N) is 1. The average molecular weight is 306 g/mol. The van der Waals surface area contributed by atoms with Crippen LogP contribution in [-0.2, 0) is 0 Å². The molecule has 2 atom stereocenters. The molecule has 0 aromatic heterocycles. The molecule has 0 radical (unpaired) electrons. The van der Waals surface area contributed by atoms with E-state index in [-0.39, 0.29) is 18.1 Å². The first-order chi connectivity index (χ1) is 9.91. The van der Waals surface area contributed by atoms with Crippen molar-refractivity contribution in [3.63, 3.8) is 0 Å². The van der Waals surface area contributed by atoms with Gasteiger partial charge in [0.25, 0.3) is 0 Å². The van der Waals surface area contributed by atoms with Crippen LogP contribution in [0.3, 0.4) is 0 Å². The van der Waals surface area contributed by atoms with Crippen molar-refractivity contribution in [1.29, 1.82) is 0 Å². The third-order valence-corrected chi connectivity index (χ3v) is 4.46. The summed E-state index contributed by atoms with van der Waals surface area (Å²) in [6.07, 6.45) is 3.15. The lowest BCUT2D eigenvalue weighted by Crippen LogP contribution is -2.56. The minimum absolute atomic E-state index is 0.0992. The predicted molar refractivity (Wildman–Crippen MR) is 67.3 cm³/mol. The fourth-order valence-electron chi connectivity index (χ4n) is 3.61. The summed E-state index contributed by atoms with van der Waals surface area (Å²) in [6.45, 7) is 0. The van der Waals surface area contributed by atoms with Gasteiger partial charge in [0.2, 0.25) is 5.82 Å². The maximum absolute atomic E-state index is 14.0. The van der Waals surface area contributed by atoms with Gasteiger partial charge in [-0.3, -0.25) is 0 Å². The van der Waals surface area contributed by atoms with Crippen LogP contribution in [0.5, 0.6) is 0 Å². The minimum Gasteiger partial charge on any atom is -0.361 e. The Labute approximate surface area is 118 Å². The second kappa shape index (κ2) is 5.12. The fourth-order valence-corrected chi connectivity index (χ4v) is 3.61. The Morgan fingerprint density at radius 1 is 0.762 bits per heavy atom. The van der Waals surface area contributed by atoms with Crippen molar-refractivity contribution in [2.75, 3.05) is 4.90 Å². The third kappa shape index (κ3) is 2.18. The normalized spacial score (nSPS) is 28.9. The first-order valence-electron chi connectivity index (χ1n) is 6.97. The number of nitrogens with two attached hydrogens (primary N) is 1. The molecule has 3 rings (SSSR count). The van der Waals surface area contributed by atoms with Gasteiger partial charge in [-0.15, -0.1) is 0 Å². The summed E-state index contributed by atoms with van der Waals surface area (Å²) in [5, 5.41) is 0. The number of piperidine rings is 2. The summed E-state index contributed by atoms with van der Waals surface area (Å²) in [6, 6.07) is -0.653. The number of benzene rings is 1. The standard InChI is InChI=1S/C14H15F5N2/c15-9-10(16)12(18)14(13(19)11(9)17)21-7-2-1-3-8(21)5-6(20)4-7/h6-8H,1-5,20H2. The van der Waals surface area contributed by atoms with E-state index in [1.807, 2.05) is 0 Å². The maximum atomic E-state index is 14.0. The number of anilines is 1. The minimum atomic E-state index is -2.12. The van der Waals surface area contributed by atoms with E-state index in [0.717, 1.165) is 6.42 Å². The molecular weight excluding hydrogens is 291 g/mol. The Hall–Kier alpha value is -1.37. The maximum Gasteiger partial charge on any atom is 0.200 e. The first kappa shape index (κ1) is 14.6. The Balaban J connectivity index is 2.12. The van der Waals surface area contributed by atoms with Gasteiger partial charge in [0.1, 0.15) is 5.69 Å². The molecule has 1 aromatic rings. The zero-order valence-corrected chi connectivity index (χ0v) is 11.2. The molecule has 0 aliphatic carbocycles. The molecule has 2 N–H and O–H groups in total. The topological polar surface area (TPSA) is 29.3 Å². The number of fused-ring (bicyclic) bond motifs is 2. The van der Waals surface area contributed by atoms with Gasteiger partial charge in [0.15, 0.2) is 23.3 Å². The van der Waals surface area contributed by atoms with E-state index in [4.69, 9.17) is 5.73 Å². The van der Waals surface area contributed by atoms with Crippen LogP contribution < -0.4 is 10.6 Å². The van der Waals surface area contributed by atoms with E-state index < -0.39 is 34.8 Å². The van der Waals surface area contributed by atoms with Gasteiger partial charge in [-0.2, -0.15) is 0 Å². The van der Waals surface area contributed by atoms with E-state index in [9.17, 15) is 22.0 Å². The Bertz CT molecular complexity index is 534. The van der Waals surface area contributed by atoms with Crippen LogP contribution in [0.2, 0.25) is 0 Å². The highest BCUT2D eigenvalue weighted by Gasteiger charge is 2.41. The van der Waals surface area contributed by atoms with Gasteiger partial charge in [0.05, 0.1) is 0 Å². The molecule has 2 bridgehead atoms. The van der Waals surface area contributed by atoms with Crippen molar-refractivity contribution < 1.29 is 22.0 Å². The second-order valence-corrected chi connectivity index (χ2v) is 5.80. The van der Waals surface area contributed by atoms with Gasteiger partial charge >= 0.3 is 0 Å². The van der Waals surface area contributed by atoms with Crippen LogP contribution >= 0.6 is 0 Å². The molecule has 2 nitrogen and oxygen atoms in total. The third-order valence-electron chi connectivity index (χ3n) is 4.46. The molecule has 0 spiro atoms. The molecule has 7 heteroatoms. The molecular formula is C14H15F5N2. The molecule has 116 valence electrons. The quantitative estimate of drug-likeness (QED) is 0.490. The van der Waals surface area contributed by atoms with Crippen LogP contribution in [0.1, 0.15) is 32.1 Å². The lowest BCUT2D eigenvalue weighted by Gasteiger charge is -2.49. The highest BCUT2D eigenvalue weighted by molar-refractivity contribution is 5.53. The predicted octanol–water partition coefficient (Wildman–Crippen LogP) is 3.23. The van der Waals surface area contributed by atoms with Crippen molar-refractivity contribution in [2.45, 2.75) is 50.2 Å². The Morgan fingerprint density at radius 2 is 1.19 bits per heavy atom. The van der Waals surface area contributed by atoms with E-state index in [0.29, 0.717) is 25.7 Å². The van der Waals surface area contributed by atoms with Crippen molar-refractivity contribution in [3.8, 4) is 0 Å². The van der Waals surface area contributed by atoms with Crippen LogP contribution in [0.15, 0.2) is 0 Å². The van der Waals surface area contributed by atoms with E-state index in [1.165, 1.54) is 4.90 Å². The van der Waals surface area contributed by atoms with E-state index in [1.54, 1.807) is 0 Å². The van der Waals surface area contributed by atoms with Gasteiger partial charge in [0, 0.05) is 18.1 Å². The fraction of sp³-hybridized carbons (Fsp3) is 0.571. The molecule has 0 amide bonds. The lowest BCUT2D eigenvalue weighted by molar-refractivity contribution is 0.262. The van der Waals surface area contributed by atoms with Crippen molar-refractivity contribution in [1.82, 2.24) is 0 Å². The van der Waals surface area contributed by atoms with Gasteiger partial charge in [-0.1, -0.05) is 0 Å². The first-order valence-corrected chi connectivity index (χ1v) is 6.97. The summed E-state index contributed by atoms with van der Waals surface area (Å²) in [4.78, 5) is 1.36. The van der Waals surface area contributed by atoms with E-state index >= 15 is 0 Å². The number of rotatable bonds is 1. The van der Waals surface area contributed by atoms with Gasteiger partial charge in [-0.25, -0.2) is 22.0 Å². The zero-order chi connectivity index (χ0) is 15.3. The van der Waals surface area contributed by atoms with Crippen LogP contribution in [0, 0.1) is 29.1 Å². The lowest BCUT2D eigenvalue weighted by atomic mass is 9.81.